The fourth-order valence-corrected chi connectivity index (χ4v) is 2.27. The summed E-state index contributed by atoms with van der Waals surface area (Å²) in [5.74, 6) is 0.679. The topological polar surface area (TPSA) is 80.3 Å². The normalized spacial score (nSPS) is 10.5. The molecule has 0 atom stereocenters. The molecule has 138 valence electrons. The lowest BCUT2D eigenvalue weighted by atomic mass is 10.1. The number of benzene rings is 1. The number of carbonyl (C=O) groups is 2. The van der Waals surface area contributed by atoms with Gasteiger partial charge in [-0.15, -0.1) is 0 Å². The Balaban J connectivity index is 1.99. The molecular weight excluding hydrogens is 330 g/mol. The van der Waals surface area contributed by atoms with Crippen LogP contribution in [-0.4, -0.2) is 29.9 Å². The Morgan fingerprint density at radius 1 is 1.12 bits per heavy atom. The maximum atomic E-state index is 12.4. The molecule has 0 bridgehead atoms. The molecule has 2 amide bonds. The number of ether oxygens (including phenoxy) is 1. The van der Waals surface area contributed by atoms with Crippen molar-refractivity contribution in [3.63, 3.8) is 0 Å². The van der Waals surface area contributed by atoms with Gasteiger partial charge < -0.3 is 15.4 Å². The number of hydrogen-bond donors (Lipinski definition) is 2. The van der Waals surface area contributed by atoms with E-state index in [9.17, 15) is 9.59 Å². The first kappa shape index (κ1) is 19.4. The van der Waals surface area contributed by atoms with Crippen LogP contribution in [0.1, 0.15) is 48.0 Å². The number of nitrogens with zero attached hydrogens (tertiary/aromatic N) is 1. The summed E-state index contributed by atoms with van der Waals surface area (Å²) in [6.45, 7) is 7.27. The number of anilines is 1. The van der Waals surface area contributed by atoms with Crippen LogP contribution in [0.4, 0.5) is 5.69 Å². The summed E-state index contributed by atoms with van der Waals surface area (Å²) < 4.78 is 5.37. The van der Waals surface area contributed by atoms with Crippen molar-refractivity contribution < 1.29 is 14.3 Å². The van der Waals surface area contributed by atoms with E-state index in [1.54, 1.807) is 30.3 Å². The van der Waals surface area contributed by atoms with Gasteiger partial charge in [-0.1, -0.05) is 13.8 Å². The molecule has 26 heavy (non-hydrogen) atoms. The monoisotopic (exact) mass is 355 g/mol. The Hall–Kier alpha value is -2.89. The highest BCUT2D eigenvalue weighted by Crippen LogP contribution is 2.16. The molecule has 1 heterocycles. The number of carbonyl (C=O) groups excluding carboxylic acids is 2. The van der Waals surface area contributed by atoms with Crippen LogP contribution in [0.3, 0.4) is 0 Å². The minimum absolute atomic E-state index is 0.230. The van der Waals surface area contributed by atoms with Gasteiger partial charge in [0.1, 0.15) is 11.4 Å². The average Bonchev–Trinajstić information content (AvgIpc) is 2.63. The maximum Gasteiger partial charge on any atom is 0.269 e. The van der Waals surface area contributed by atoms with Gasteiger partial charge in [-0.25, -0.2) is 0 Å². The Labute approximate surface area is 154 Å². The highest BCUT2D eigenvalue weighted by atomic mass is 16.5. The second-order valence-corrected chi connectivity index (χ2v) is 6.28. The molecule has 0 spiro atoms. The number of rotatable bonds is 8. The van der Waals surface area contributed by atoms with Gasteiger partial charge in [0.2, 0.25) is 0 Å². The van der Waals surface area contributed by atoms with E-state index in [0.717, 1.165) is 12.2 Å². The molecular formula is C20H25N3O3. The zero-order chi connectivity index (χ0) is 18.9. The molecule has 0 fully saturated rings. The van der Waals surface area contributed by atoms with E-state index >= 15 is 0 Å². The third-order valence-corrected chi connectivity index (χ3v) is 3.69. The van der Waals surface area contributed by atoms with Crippen molar-refractivity contribution in [1.29, 1.82) is 0 Å². The van der Waals surface area contributed by atoms with Gasteiger partial charge in [0.05, 0.1) is 6.61 Å². The quantitative estimate of drug-likeness (QED) is 0.759. The standard InChI is InChI=1S/C20H25N3O3/c1-4-26-17-7-5-16(6-8-17)23-19(24)15-10-12-21-18(13-15)20(25)22-11-9-14(2)3/h5-8,10,12-14H,4,9,11H2,1-3H3,(H,22,25)(H,23,24). The zero-order valence-electron chi connectivity index (χ0n) is 15.4. The third-order valence-electron chi connectivity index (χ3n) is 3.69. The number of amides is 2. The summed E-state index contributed by atoms with van der Waals surface area (Å²) in [5, 5.41) is 5.62. The molecule has 2 rings (SSSR count). The summed E-state index contributed by atoms with van der Waals surface area (Å²) in [5.41, 5.74) is 1.26. The van der Waals surface area contributed by atoms with Crippen LogP contribution < -0.4 is 15.4 Å². The first-order valence-electron chi connectivity index (χ1n) is 8.78. The summed E-state index contributed by atoms with van der Waals surface area (Å²) >= 11 is 0. The van der Waals surface area contributed by atoms with E-state index in [4.69, 9.17) is 4.74 Å². The Morgan fingerprint density at radius 2 is 1.85 bits per heavy atom. The predicted molar refractivity (Wildman–Crippen MR) is 102 cm³/mol. The minimum atomic E-state index is -0.298. The fourth-order valence-electron chi connectivity index (χ4n) is 2.27. The van der Waals surface area contributed by atoms with Gasteiger partial charge in [-0.05, 0) is 55.7 Å². The summed E-state index contributed by atoms with van der Waals surface area (Å²) in [4.78, 5) is 28.6. The molecule has 0 unspecified atom stereocenters. The van der Waals surface area contributed by atoms with Crippen LogP contribution >= 0.6 is 0 Å². The molecule has 0 aliphatic rings. The number of aromatic nitrogens is 1. The molecule has 0 saturated heterocycles. The maximum absolute atomic E-state index is 12.4. The van der Waals surface area contributed by atoms with Gasteiger partial charge in [0.25, 0.3) is 11.8 Å². The molecule has 0 radical (unpaired) electrons. The highest BCUT2D eigenvalue weighted by molar-refractivity contribution is 6.05. The molecule has 1 aromatic carbocycles. The van der Waals surface area contributed by atoms with Crippen molar-refractivity contribution in [3.05, 3.63) is 53.9 Å². The molecule has 2 aromatic rings. The second kappa shape index (κ2) is 9.56. The van der Waals surface area contributed by atoms with E-state index < -0.39 is 0 Å². The number of pyridine rings is 1. The Morgan fingerprint density at radius 3 is 2.50 bits per heavy atom. The van der Waals surface area contributed by atoms with Crippen LogP contribution in [-0.2, 0) is 0 Å². The van der Waals surface area contributed by atoms with Crippen molar-refractivity contribution >= 4 is 17.5 Å². The van der Waals surface area contributed by atoms with E-state index in [1.807, 2.05) is 6.92 Å². The van der Waals surface area contributed by atoms with Crippen LogP contribution in [0.2, 0.25) is 0 Å². The summed E-state index contributed by atoms with van der Waals surface area (Å²) in [6, 6.07) is 10.2. The molecule has 2 N–H and O–H groups in total. The van der Waals surface area contributed by atoms with E-state index in [2.05, 4.69) is 29.5 Å². The first-order valence-corrected chi connectivity index (χ1v) is 8.78. The highest BCUT2D eigenvalue weighted by Gasteiger charge is 2.12. The van der Waals surface area contributed by atoms with E-state index in [-0.39, 0.29) is 17.5 Å². The largest absolute Gasteiger partial charge is 0.494 e. The zero-order valence-corrected chi connectivity index (χ0v) is 15.4. The van der Waals surface area contributed by atoms with Gasteiger partial charge in [-0.2, -0.15) is 0 Å². The SMILES string of the molecule is CCOc1ccc(NC(=O)c2ccnc(C(=O)NCCC(C)C)c2)cc1. The Kier molecular flexibility index (Phi) is 7.14. The molecule has 0 aliphatic heterocycles. The van der Waals surface area contributed by atoms with Crippen LogP contribution in [0.5, 0.6) is 5.75 Å². The number of nitrogens with one attached hydrogen (secondary N) is 2. The molecule has 1 aromatic heterocycles. The van der Waals surface area contributed by atoms with Gasteiger partial charge in [-0.3, -0.25) is 14.6 Å². The lowest BCUT2D eigenvalue weighted by Gasteiger charge is -2.09. The van der Waals surface area contributed by atoms with Crippen LogP contribution in [0.15, 0.2) is 42.6 Å². The van der Waals surface area contributed by atoms with E-state index in [0.29, 0.717) is 30.3 Å². The van der Waals surface area contributed by atoms with Gasteiger partial charge in [0, 0.05) is 24.0 Å². The predicted octanol–water partition coefficient (Wildman–Crippen LogP) is 3.51. The minimum Gasteiger partial charge on any atom is -0.494 e. The van der Waals surface area contributed by atoms with Crippen LogP contribution in [0, 0.1) is 5.92 Å². The van der Waals surface area contributed by atoms with Crippen molar-refractivity contribution in [2.75, 3.05) is 18.5 Å². The van der Waals surface area contributed by atoms with Gasteiger partial charge in [0.15, 0.2) is 0 Å². The lowest BCUT2D eigenvalue weighted by Crippen LogP contribution is -2.26. The molecule has 6 nitrogen and oxygen atoms in total. The van der Waals surface area contributed by atoms with Gasteiger partial charge >= 0.3 is 0 Å². The van der Waals surface area contributed by atoms with Crippen molar-refractivity contribution in [3.8, 4) is 5.75 Å². The summed E-state index contributed by atoms with van der Waals surface area (Å²) in [7, 11) is 0. The summed E-state index contributed by atoms with van der Waals surface area (Å²) in [6.07, 6.45) is 2.36. The van der Waals surface area contributed by atoms with Crippen molar-refractivity contribution in [1.82, 2.24) is 10.3 Å². The Bertz CT molecular complexity index is 742. The first-order chi connectivity index (χ1) is 12.5. The molecule has 6 heteroatoms. The molecule has 0 saturated carbocycles. The van der Waals surface area contributed by atoms with Crippen LogP contribution in [0.25, 0.3) is 0 Å². The molecule has 0 aliphatic carbocycles. The fraction of sp³-hybridized carbons (Fsp3) is 0.350. The average molecular weight is 355 g/mol. The number of hydrogen-bond acceptors (Lipinski definition) is 4. The second-order valence-electron chi connectivity index (χ2n) is 6.28. The van der Waals surface area contributed by atoms with Crippen molar-refractivity contribution in [2.45, 2.75) is 27.2 Å². The van der Waals surface area contributed by atoms with Crippen molar-refractivity contribution in [2.24, 2.45) is 5.92 Å². The van der Waals surface area contributed by atoms with E-state index in [1.165, 1.54) is 12.3 Å². The smallest absolute Gasteiger partial charge is 0.269 e. The lowest BCUT2D eigenvalue weighted by molar-refractivity contribution is 0.0947. The third kappa shape index (κ3) is 5.88.